The van der Waals surface area contributed by atoms with Gasteiger partial charge in [-0.1, -0.05) is 11.6 Å². The van der Waals surface area contributed by atoms with E-state index in [4.69, 9.17) is 26.2 Å². The SMILES string of the molecule is COC(C)NC(=O)c1ccc2nn(CC3CCN(C(=O)c4ccc(Oc5ccc(Cl)cn5)cc4)CC3)cc2c1C. The number of amides is 2. The highest BCUT2D eigenvalue weighted by Gasteiger charge is 2.24. The first-order valence-corrected chi connectivity index (χ1v) is 13.7. The van der Waals surface area contributed by atoms with E-state index >= 15 is 0 Å². The lowest BCUT2D eigenvalue weighted by Gasteiger charge is -2.32. The number of nitrogens with zero attached hydrogens (tertiary/aromatic N) is 4. The number of benzene rings is 2. The average molecular weight is 562 g/mol. The van der Waals surface area contributed by atoms with Crippen LogP contribution in [0.5, 0.6) is 11.6 Å². The van der Waals surface area contributed by atoms with E-state index in [0.29, 0.717) is 46.8 Å². The highest BCUT2D eigenvalue weighted by molar-refractivity contribution is 6.30. The molecule has 208 valence electrons. The second-order valence-electron chi connectivity index (χ2n) is 10.1. The zero-order valence-corrected chi connectivity index (χ0v) is 23.5. The van der Waals surface area contributed by atoms with Crippen LogP contribution in [-0.2, 0) is 11.3 Å². The first-order valence-electron chi connectivity index (χ1n) is 13.3. The van der Waals surface area contributed by atoms with E-state index in [-0.39, 0.29) is 18.0 Å². The van der Waals surface area contributed by atoms with Gasteiger partial charge in [-0.3, -0.25) is 14.3 Å². The van der Waals surface area contributed by atoms with Gasteiger partial charge in [0.25, 0.3) is 11.8 Å². The van der Waals surface area contributed by atoms with E-state index in [1.165, 1.54) is 6.20 Å². The summed E-state index contributed by atoms with van der Waals surface area (Å²) in [5.74, 6) is 1.30. The summed E-state index contributed by atoms with van der Waals surface area (Å²) in [6.45, 7) is 5.88. The van der Waals surface area contributed by atoms with Crippen molar-refractivity contribution in [3.63, 3.8) is 0 Å². The molecular weight excluding hydrogens is 530 g/mol. The van der Waals surface area contributed by atoms with E-state index in [1.807, 2.05) is 34.8 Å². The number of hydrogen-bond donors (Lipinski definition) is 1. The summed E-state index contributed by atoms with van der Waals surface area (Å²) in [4.78, 5) is 31.8. The topological polar surface area (TPSA) is 98.6 Å². The molecule has 3 heterocycles. The van der Waals surface area contributed by atoms with Crippen molar-refractivity contribution in [2.75, 3.05) is 20.2 Å². The molecule has 2 amide bonds. The molecule has 1 unspecified atom stereocenters. The van der Waals surface area contributed by atoms with Crippen molar-refractivity contribution in [3.8, 4) is 11.6 Å². The van der Waals surface area contributed by atoms with Crippen molar-refractivity contribution in [3.05, 3.63) is 82.6 Å². The summed E-state index contributed by atoms with van der Waals surface area (Å²) in [5, 5.41) is 9.08. The van der Waals surface area contributed by atoms with Crippen LogP contribution in [0.3, 0.4) is 0 Å². The Morgan fingerprint density at radius 3 is 2.52 bits per heavy atom. The summed E-state index contributed by atoms with van der Waals surface area (Å²) >= 11 is 5.87. The third-order valence-corrected chi connectivity index (χ3v) is 7.53. The Bertz CT molecular complexity index is 1500. The molecule has 1 N–H and O–H groups in total. The summed E-state index contributed by atoms with van der Waals surface area (Å²) in [6, 6.07) is 14.2. The van der Waals surface area contributed by atoms with Crippen LogP contribution < -0.4 is 10.1 Å². The minimum absolute atomic E-state index is 0.0173. The van der Waals surface area contributed by atoms with Crippen LogP contribution in [0.2, 0.25) is 5.02 Å². The maximum atomic E-state index is 13.1. The second kappa shape index (κ2) is 12.1. The summed E-state index contributed by atoms with van der Waals surface area (Å²) < 4.78 is 12.8. The Morgan fingerprint density at radius 2 is 1.85 bits per heavy atom. The lowest BCUT2D eigenvalue weighted by atomic mass is 9.96. The molecule has 9 nitrogen and oxygen atoms in total. The van der Waals surface area contributed by atoms with Gasteiger partial charge in [0.15, 0.2) is 0 Å². The fourth-order valence-electron chi connectivity index (χ4n) is 4.92. The van der Waals surface area contributed by atoms with E-state index in [9.17, 15) is 9.59 Å². The molecule has 2 aromatic carbocycles. The largest absolute Gasteiger partial charge is 0.439 e. The quantitative estimate of drug-likeness (QED) is 0.287. The summed E-state index contributed by atoms with van der Waals surface area (Å²) in [6.07, 6.45) is 4.96. The number of rotatable bonds is 8. The number of methoxy groups -OCH3 is 1. The van der Waals surface area contributed by atoms with Crippen molar-refractivity contribution >= 4 is 34.3 Å². The Balaban J connectivity index is 1.16. The van der Waals surface area contributed by atoms with Gasteiger partial charge in [-0.05, 0) is 80.6 Å². The molecule has 0 radical (unpaired) electrons. The molecule has 0 bridgehead atoms. The van der Waals surface area contributed by atoms with Crippen LogP contribution in [0, 0.1) is 12.8 Å². The fraction of sp³-hybridized carbons (Fsp3) is 0.333. The van der Waals surface area contributed by atoms with E-state index in [0.717, 1.165) is 35.9 Å². The first-order chi connectivity index (χ1) is 19.3. The number of piperidine rings is 1. The van der Waals surface area contributed by atoms with Crippen LogP contribution in [0.25, 0.3) is 10.9 Å². The smallest absolute Gasteiger partial charge is 0.253 e. The minimum Gasteiger partial charge on any atom is -0.439 e. The molecule has 4 aromatic rings. The van der Waals surface area contributed by atoms with Gasteiger partial charge in [-0.2, -0.15) is 5.10 Å². The van der Waals surface area contributed by atoms with Crippen molar-refractivity contribution in [1.82, 2.24) is 25.0 Å². The van der Waals surface area contributed by atoms with Crippen molar-refractivity contribution in [2.45, 2.75) is 39.5 Å². The van der Waals surface area contributed by atoms with Crippen LogP contribution in [0.4, 0.5) is 0 Å². The third-order valence-electron chi connectivity index (χ3n) is 7.31. The number of hydrogen-bond acceptors (Lipinski definition) is 6. The molecule has 1 fully saturated rings. The van der Waals surface area contributed by atoms with Gasteiger partial charge in [-0.25, -0.2) is 4.98 Å². The third kappa shape index (κ3) is 6.26. The first kappa shape index (κ1) is 27.6. The van der Waals surface area contributed by atoms with Gasteiger partial charge in [0.05, 0.1) is 10.5 Å². The Morgan fingerprint density at radius 1 is 1.10 bits per heavy atom. The highest BCUT2D eigenvalue weighted by Crippen LogP contribution is 2.26. The van der Waals surface area contributed by atoms with Crippen LogP contribution in [-0.4, -0.2) is 57.9 Å². The van der Waals surface area contributed by atoms with Crippen molar-refractivity contribution in [2.24, 2.45) is 5.92 Å². The van der Waals surface area contributed by atoms with E-state index in [2.05, 4.69) is 10.3 Å². The van der Waals surface area contributed by atoms with Crippen LogP contribution >= 0.6 is 11.6 Å². The number of carbonyl (C=O) groups excluding carboxylic acids is 2. The molecule has 1 saturated heterocycles. The fourth-order valence-corrected chi connectivity index (χ4v) is 5.03. The number of likely N-dealkylation sites (tertiary alicyclic amines) is 1. The van der Waals surface area contributed by atoms with Gasteiger partial charge >= 0.3 is 0 Å². The monoisotopic (exact) mass is 561 g/mol. The summed E-state index contributed by atoms with van der Waals surface area (Å²) in [7, 11) is 1.56. The van der Waals surface area contributed by atoms with Crippen molar-refractivity contribution in [1.29, 1.82) is 0 Å². The van der Waals surface area contributed by atoms with E-state index in [1.54, 1.807) is 50.4 Å². The zero-order chi connectivity index (χ0) is 28.2. The number of aromatic nitrogens is 3. The van der Waals surface area contributed by atoms with Gasteiger partial charge in [0.2, 0.25) is 5.88 Å². The van der Waals surface area contributed by atoms with Gasteiger partial charge in [-0.15, -0.1) is 0 Å². The Hall–Kier alpha value is -3.95. The average Bonchev–Trinajstić information content (AvgIpc) is 3.38. The maximum absolute atomic E-state index is 13.1. The van der Waals surface area contributed by atoms with E-state index < -0.39 is 0 Å². The lowest BCUT2D eigenvalue weighted by molar-refractivity contribution is 0.0655. The molecule has 0 saturated carbocycles. The molecule has 1 atom stereocenters. The molecule has 40 heavy (non-hydrogen) atoms. The number of fused-ring (bicyclic) bond motifs is 1. The number of halogens is 1. The number of nitrogens with one attached hydrogen (secondary N) is 1. The number of pyridine rings is 1. The molecule has 1 aliphatic rings. The van der Waals surface area contributed by atoms with Crippen molar-refractivity contribution < 1.29 is 19.1 Å². The minimum atomic E-state index is -0.367. The number of ether oxygens (including phenoxy) is 2. The maximum Gasteiger partial charge on any atom is 0.253 e. The molecule has 2 aromatic heterocycles. The standard InChI is InChI=1S/C30H32ClN5O4/c1-19-25(29(37)33-20(2)39-3)9-10-27-26(19)18-36(34-27)17-21-12-14-35(15-13-21)30(38)22-4-7-24(8-5-22)40-28-11-6-23(31)16-32-28/h4-11,16,18,20-21H,12-15,17H2,1-3H3,(H,33,37). The molecular formula is C30H32ClN5O4. The number of aryl methyl sites for hydroxylation is 1. The summed E-state index contributed by atoms with van der Waals surface area (Å²) in [5.41, 5.74) is 3.00. The molecule has 0 spiro atoms. The number of carbonyl (C=O) groups is 2. The van der Waals surface area contributed by atoms with Crippen LogP contribution in [0.1, 0.15) is 46.0 Å². The molecule has 10 heteroatoms. The zero-order valence-electron chi connectivity index (χ0n) is 22.8. The Kier molecular flexibility index (Phi) is 8.32. The predicted molar refractivity (Wildman–Crippen MR) is 153 cm³/mol. The normalized spacial score (nSPS) is 14.8. The van der Waals surface area contributed by atoms with Gasteiger partial charge in [0, 0.05) is 61.7 Å². The van der Waals surface area contributed by atoms with Gasteiger partial charge in [0.1, 0.15) is 12.0 Å². The molecule has 0 aliphatic carbocycles. The highest BCUT2D eigenvalue weighted by atomic mass is 35.5. The second-order valence-corrected chi connectivity index (χ2v) is 10.5. The Labute approximate surface area is 238 Å². The molecule has 5 rings (SSSR count). The van der Waals surface area contributed by atoms with Gasteiger partial charge < -0.3 is 19.7 Å². The lowest BCUT2D eigenvalue weighted by Crippen LogP contribution is -2.39. The van der Waals surface area contributed by atoms with Crippen LogP contribution in [0.15, 0.2) is 60.9 Å². The predicted octanol–water partition coefficient (Wildman–Crippen LogP) is 5.46. The molecule has 1 aliphatic heterocycles.